The summed E-state index contributed by atoms with van der Waals surface area (Å²) in [4.78, 5) is 8.01. The molecule has 23 heavy (non-hydrogen) atoms. The van der Waals surface area contributed by atoms with E-state index in [-0.39, 0.29) is 17.4 Å². The maximum absolute atomic E-state index is 13.0. The number of piperidine rings is 2. The number of fused-ring (bicyclic) bond motifs is 1. The van der Waals surface area contributed by atoms with Crippen molar-refractivity contribution in [2.75, 3.05) is 31.6 Å². The van der Waals surface area contributed by atoms with E-state index in [1.807, 2.05) is 11.0 Å². The molecule has 2 saturated heterocycles. The molecule has 1 aromatic heterocycles. The van der Waals surface area contributed by atoms with Gasteiger partial charge in [0.15, 0.2) is 0 Å². The van der Waals surface area contributed by atoms with Gasteiger partial charge in [0.1, 0.15) is 17.6 Å². The highest BCUT2D eigenvalue weighted by Gasteiger charge is 2.38. The molecule has 1 aromatic rings. The standard InChI is InChI=1S/C16H19F3N4/c1-22-8-6-13-12(10-22)3-2-7-23(13)15-11(9-20)4-5-14(21-15)16(17,18)19/h4-5,12-13H,2-3,6-8,10H2,1H3/t12-,13+/m1/s1. The minimum absolute atomic E-state index is 0.169. The summed E-state index contributed by atoms with van der Waals surface area (Å²) in [6.45, 7) is 2.52. The topological polar surface area (TPSA) is 43.2 Å². The Morgan fingerprint density at radius 3 is 2.74 bits per heavy atom. The van der Waals surface area contributed by atoms with E-state index >= 15 is 0 Å². The Balaban J connectivity index is 1.97. The predicted octanol–water partition coefficient (Wildman–Crippen LogP) is 2.89. The van der Waals surface area contributed by atoms with Crippen molar-refractivity contribution in [2.45, 2.75) is 31.5 Å². The van der Waals surface area contributed by atoms with Crippen LogP contribution in [0.15, 0.2) is 12.1 Å². The lowest BCUT2D eigenvalue weighted by Gasteiger charge is -2.47. The van der Waals surface area contributed by atoms with Crippen molar-refractivity contribution < 1.29 is 13.2 Å². The monoisotopic (exact) mass is 324 g/mol. The van der Waals surface area contributed by atoms with E-state index in [2.05, 4.69) is 16.9 Å². The molecule has 0 amide bonds. The van der Waals surface area contributed by atoms with Crippen LogP contribution in [-0.4, -0.2) is 42.6 Å². The number of aromatic nitrogens is 1. The Kier molecular flexibility index (Phi) is 4.19. The van der Waals surface area contributed by atoms with Gasteiger partial charge in [-0.05, 0) is 50.9 Å². The van der Waals surface area contributed by atoms with Gasteiger partial charge < -0.3 is 9.80 Å². The number of anilines is 1. The van der Waals surface area contributed by atoms with Crippen LogP contribution in [0.1, 0.15) is 30.5 Å². The maximum atomic E-state index is 13.0. The third-order valence-electron chi connectivity index (χ3n) is 4.83. The Bertz CT molecular complexity index is 623. The van der Waals surface area contributed by atoms with Gasteiger partial charge in [-0.2, -0.15) is 18.4 Å². The lowest BCUT2D eigenvalue weighted by Crippen LogP contribution is -2.53. The van der Waals surface area contributed by atoms with Crippen LogP contribution in [0, 0.1) is 17.2 Å². The highest BCUT2D eigenvalue weighted by Crippen LogP contribution is 2.36. The molecule has 0 bridgehead atoms. The fraction of sp³-hybridized carbons (Fsp3) is 0.625. The lowest BCUT2D eigenvalue weighted by atomic mass is 9.84. The van der Waals surface area contributed by atoms with Crippen molar-refractivity contribution in [1.82, 2.24) is 9.88 Å². The van der Waals surface area contributed by atoms with Gasteiger partial charge in [-0.25, -0.2) is 4.98 Å². The number of likely N-dealkylation sites (tertiary alicyclic amines) is 1. The number of alkyl halides is 3. The van der Waals surface area contributed by atoms with Crippen LogP contribution in [0.2, 0.25) is 0 Å². The molecule has 0 aliphatic carbocycles. The Morgan fingerprint density at radius 1 is 1.26 bits per heavy atom. The number of nitrogens with zero attached hydrogens (tertiary/aromatic N) is 4. The number of nitriles is 1. The summed E-state index contributed by atoms with van der Waals surface area (Å²) in [6, 6.07) is 4.29. The molecule has 2 fully saturated rings. The van der Waals surface area contributed by atoms with Crippen LogP contribution in [0.3, 0.4) is 0 Å². The summed E-state index contributed by atoms with van der Waals surface area (Å²) in [6.07, 6.45) is -1.61. The molecule has 0 N–H and O–H groups in total. The van der Waals surface area contributed by atoms with E-state index in [4.69, 9.17) is 0 Å². The Hall–Kier alpha value is -1.81. The van der Waals surface area contributed by atoms with Crippen molar-refractivity contribution in [3.05, 3.63) is 23.4 Å². The van der Waals surface area contributed by atoms with E-state index in [0.717, 1.165) is 38.4 Å². The SMILES string of the molecule is CN1CC[C@H]2[C@H](CCCN2c2nc(C(F)(F)F)ccc2C#N)C1. The molecule has 124 valence electrons. The molecule has 0 aromatic carbocycles. The van der Waals surface area contributed by atoms with Gasteiger partial charge in [0.25, 0.3) is 0 Å². The zero-order valence-corrected chi connectivity index (χ0v) is 13.0. The summed E-state index contributed by atoms with van der Waals surface area (Å²) in [5, 5.41) is 9.27. The van der Waals surface area contributed by atoms with Gasteiger partial charge in [0.05, 0.1) is 5.56 Å². The first-order valence-electron chi connectivity index (χ1n) is 7.83. The highest BCUT2D eigenvalue weighted by atomic mass is 19.4. The van der Waals surface area contributed by atoms with Gasteiger partial charge in [-0.15, -0.1) is 0 Å². The molecule has 2 aliphatic heterocycles. The number of rotatable bonds is 1. The number of halogens is 3. The largest absolute Gasteiger partial charge is 0.433 e. The molecule has 4 nitrogen and oxygen atoms in total. The van der Waals surface area contributed by atoms with Crippen LogP contribution in [-0.2, 0) is 6.18 Å². The van der Waals surface area contributed by atoms with Crippen molar-refractivity contribution in [1.29, 1.82) is 5.26 Å². The number of hydrogen-bond donors (Lipinski definition) is 0. The van der Waals surface area contributed by atoms with Crippen LogP contribution < -0.4 is 4.90 Å². The summed E-state index contributed by atoms with van der Waals surface area (Å²) in [5.74, 6) is 0.618. The van der Waals surface area contributed by atoms with E-state index in [1.165, 1.54) is 6.07 Å². The first kappa shape index (κ1) is 16.1. The van der Waals surface area contributed by atoms with E-state index in [9.17, 15) is 18.4 Å². The predicted molar refractivity (Wildman–Crippen MR) is 79.9 cm³/mol. The summed E-state index contributed by atoms with van der Waals surface area (Å²) < 4.78 is 39.0. The molecule has 0 saturated carbocycles. The fourth-order valence-electron chi connectivity index (χ4n) is 3.76. The molecule has 2 aliphatic rings. The minimum atomic E-state index is -4.50. The smallest absolute Gasteiger partial charge is 0.352 e. The molecular formula is C16H19F3N4. The second kappa shape index (κ2) is 6.00. The normalized spacial score (nSPS) is 25.8. The van der Waals surface area contributed by atoms with Crippen LogP contribution in [0.25, 0.3) is 0 Å². The van der Waals surface area contributed by atoms with Crippen molar-refractivity contribution in [3.63, 3.8) is 0 Å². The number of hydrogen-bond acceptors (Lipinski definition) is 4. The van der Waals surface area contributed by atoms with E-state index in [1.54, 1.807) is 0 Å². The van der Waals surface area contributed by atoms with Gasteiger partial charge in [-0.3, -0.25) is 0 Å². The van der Waals surface area contributed by atoms with Crippen LogP contribution in [0.5, 0.6) is 0 Å². The van der Waals surface area contributed by atoms with Crippen molar-refractivity contribution >= 4 is 5.82 Å². The zero-order valence-electron chi connectivity index (χ0n) is 13.0. The van der Waals surface area contributed by atoms with Crippen molar-refractivity contribution in [3.8, 4) is 6.07 Å². The summed E-state index contributed by atoms with van der Waals surface area (Å²) in [7, 11) is 2.07. The molecule has 7 heteroatoms. The first-order valence-corrected chi connectivity index (χ1v) is 7.83. The highest BCUT2D eigenvalue weighted by molar-refractivity contribution is 5.55. The van der Waals surface area contributed by atoms with Gasteiger partial charge in [0.2, 0.25) is 0 Å². The Morgan fingerprint density at radius 2 is 2.04 bits per heavy atom. The lowest BCUT2D eigenvalue weighted by molar-refractivity contribution is -0.141. The molecular weight excluding hydrogens is 305 g/mol. The molecule has 3 rings (SSSR count). The average molecular weight is 324 g/mol. The summed E-state index contributed by atoms with van der Waals surface area (Å²) >= 11 is 0. The Labute approximate surface area is 133 Å². The van der Waals surface area contributed by atoms with Crippen molar-refractivity contribution in [2.24, 2.45) is 5.92 Å². The van der Waals surface area contributed by atoms with Gasteiger partial charge in [0, 0.05) is 19.1 Å². The van der Waals surface area contributed by atoms with Gasteiger partial charge in [-0.1, -0.05) is 0 Å². The second-order valence-electron chi connectivity index (χ2n) is 6.39. The molecule has 0 spiro atoms. The van der Waals surface area contributed by atoms with E-state index in [0.29, 0.717) is 12.5 Å². The second-order valence-corrected chi connectivity index (χ2v) is 6.39. The van der Waals surface area contributed by atoms with Crippen LogP contribution in [0.4, 0.5) is 19.0 Å². The molecule has 0 unspecified atom stereocenters. The number of pyridine rings is 1. The molecule has 0 radical (unpaired) electrons. The average Bonchev–Trinajstić information content (AvgIpc) is 2.52. The zero-order chi connectivity index (χ0) is 16.6. The molecule has 3 heterocycles. The fourth-order valence-corrected chi connectivity index (χ4v) is 3.76. The minimum Gasteiger partial charge on any atom is -0.352 e. The quantitative estimate of drug-likeness (QED) is 0.797. The van der Waals surface area contributed by atoms with E-state index < -0.39 is 11.9 Å². The van der Waals surface area contributed by atoms with Crippen LogP contribution >= 0.6 is 0 Å². The first-order chi connectivity index (χ1) is 10.9. The van der Waals surface area contributed by atoms with Gasteiger partial charge >= 0.3 is 6.18 Å². The third kappa shape index (κ3) is 3.13. The maximum Gasteiger partial charge on any atom is 0.433 e. The summed E-state index contributed by atoms with van der Waals surface area (Å²) in [5.41, 5.74) is -0.709. The molecule has 2 atom stereocenters. The third-order valence-corrected chi connectivity index (χ3v) is 4.83.